The van der Waals surface area contributed by atoms with Crippen LogP contribution in [0.1, 0.15) is 20.3 Å². The van der Waals surface area contributed by atoms with Crippen molar-refractivity contribution >= 4 is 10.0 Å². The van der Waals surface area contributed by atoms with Gasteiger partial charge in [0.1, 0.15) is 0 Å². The second-order valence-corrected chi connectivity index (χ2v) is 6.12. The van der Waals surface area contributed by atoms with Crippen LogP contribution in [-0.2, 0) is 14.8 Å². The number of hydrogen-bond acceptors (Lipinski definition) is 4. The van der Waals surface area contributed by atoms with Gasteiger partial charge in [0, 0.05) is 13.1 Å². The van der Waals surface area contributed by atoms with E-state index in [-0.39, 0.29) is 18.0 Å². The normalized spacial score (nSPS) is 29.3. The maximum Gasteiger partial charge on any atom is 0.214 e. The van der Waals surface area contributed by atoms with Gasteiger partial charge >= 0.3 is 0 Å². The smallest absolute Gasteiger partial charge is 0.214 e. The molecule has 90 valence electrons. The summed E-state index contributed by atoms with van der Waals surface area (Å²) in [6.07, 6.45) is 0.463. The molecule has 0 aliphatic carbocycles. The van der Waals surface area contributed by atoms with Crippen LogP contribution in [0.4, 0.5) is 0 Å². The molecule has 1 aliphatic rings. The predicted octanol–water partition coefficient (Wildman–Crippen LogP) is -0.226. The monoisotopic (exact) mass is 236 g/mol. The van der Waals surface area contributed by atoms with Crippen molar-refractivity contribution in [3.8, 4) is 0 Å². The van der Waals surface area contributed by atoms with Crippen LogP contribution in [0.2, 0.25) is 0 Å². The van der Waals surface area contributed by atoms with E-state index in [1.165, 1.54) is 4.31 Å². The number of nitrogens with two attached hydrogens (primary N) is 1. The largest absolute Gasteiger partial charge is 0.373 e. The molecule has 1 saturated heterocycles. The van der Waals surface area contributed by atoms with Gasteiger partial charge in [-0.2, -0.15) is 4.31 Å². The average Bonchev–Trinajstić information content (AvgIpc) is 2.13. The third kappa shape index (κ3) is 3.71. The highest BCUT2D eigenvalue weighted by atomic mass is 32.2. The highest BCUT2D eigenvalue weighted by molar-refractivity contribution is 7.89. The van der Waals surface area contributed by atoms with Crippen molar-refractivity contribution in [2.45, 2.75) is 32.5 Å². The molecule has 0 aromatic rings. The minimum Gasteiger partial charge on any atom is -0.373 e. The molecule has 1 rings (SSSR count). The van der Waals surface area contributed by atoms with E-state index in [0.29, 0.717) is 26.1 Å². The third-order valence-electron chi connectivity index (χ3n) is 2.39. The van der Waals surface area contributed by atoms with Crippen LogP contribution < -0.4 is 5.73 Å². The highest BCUT2D eigenvalue weighted by Gasteiger charge is 2.30. The lowest BCUT2D eigenvalue weighted by atomic mass is 10.3. The Morgan fingerprint density at radius 1 is 1.33 bits per heavy atom. The quantitative estimate of drug-likeness (QED) is 0.732. The van der Waals surface area contributed by atoms with E-state index in [9.17, 15) is 8.42 Å². The molecule has 0 amide bonds. The Hall–Kier alpha value is -0.170. The van der Waals surface area contributed by atoms with Gasteiger partial charge in [-0.3, -0.25) is 0 Å². The van der Waals surface area contributed by atoms with Gasteiger partial charge in [0.2, 0.25) is 10.0 Å². The van der Waals surface area contributed by atoms with E-state index >= 15 is 0 Å². The first-order chi connectivity index (χ1) is 6.95. The number of sulfonamides is 1. The molecule has 6 heteroatoms. The molecular formula is C9H20N2O3S. The zero-order chi connectivity index (χ0) is 11.5. The first kappa shape index (κ1) is 12.9. The first-order valence-electron chi connectivity index (χ1n) is 5.29. The molecule has 5 nitrogen and oxygen atoms in total. The second-order valence-electron chi connectivity index (χ2n) is 4.03. The lowest BCUT2D eigenvalue weighted by Gasteiger charge is -2.34. The van der Waals surface area contributed by atoms with Gasteiger partial charge in [-0.15, -0.1) is 0 Å². The third-order valence-corrected chi connectivity index (χ3v) is 4.28. The van der Waals surface area contributed by atoms with E-state index in [1.54, 1.807) is 0 Å². The molecule has 2 atom stereocenters. The van der Waals surface area contributed by atoms with Crippen molar-refractivity contribution in [3.63, 3.8) is 0 Å². The molecule has 2 unspecified atom stereocenters. The Kier molecular flexibility index (Phi) is 4.51. The maximum absolute atomic E-state index is 11.9. The van der Waals surface area contributed by atoms with Crippen LogP contribution in [0.15, 0.2) is 0 Å². The van der Waals surface area contributed by atoms with Crippen LogP contribution in [0, 0.1) is 0 Å². The summed E-state index contributed by atoms with van der Waals surface area (Å²) in [5.74, 6) is 0.142. The Bertz CT molecular complexity index is 282. The van der Waals surface area contributed by atoms with Crippen LogP contribution in [0.25, 0.3) is 0 Å². The summed E-state index contributed by atoms with van der Waals surface area (Å²) in [4.78, 5) is 0. The van der Waals surface area contributed by atoms with Crippen molar-refractivity contribution in [2.75, 3.05) is 25.4 Å². The van der Waals surface area contributed by atoms with Gasteiger partial charge < -0.3 is 10.5 Å². The standard InChI is InChI=1S/C9H20N2O3S/c1-8-6-11(7-9(2)14-8)15(12,13)5-3-4-10/h8-9H,3-7,10H2,1-2H3. The minimum atomic E-state index is -3.14. The maximum atomic E-state index is 11.9. The number of hydrogen-bond donors (Lipinski definition) is 1. The topological polar surface area (TPSA) is 72.6 Å². The fourth-order valence-electron chi connectivity index (χ4n) is 1.75. The molecule has 2 N–H and O–H groups in total. The zero-order valence-electron chi connectivity index (χ0n) is 9.35. The van der Waals surface area contributed by atoms with E-state index in [1.807, 2.05) is 13.8 Å². The van der Waals surface area contributed by atoms with Crippen molar-refractivity contribution in [1.82, 2.24) is 4.31 Å². The second kappa shape index (κ2) is 5.25. The predicted molar refractivity (Wildman–Crippen MR) is 59.0 cm³/mol. The number of ether oxygens (including phenoxy) is 1. The Labute approximate surface area is 91.6 Å². The summed E-state index contributed by atoms with van der Waals surface area (Å²) in [5.41, 5.74) is 5.31. The summed E-state index contributed by atoms with van der Waals surface area (Å²) in [5, 5.41) is 0. The molecule has 0 saturated carbocycles. The summed E-state index contributed by atoms with van der Waals surface area (Å²) in [6.45, 7) is 5.10. The van der Waals surface area contributed by atoms with E-state index in [2.05, 4.69) is 0 Å². The fourth-order valence-corrected chi connectivity index (χ4v) is 3.42. The first-order valence-corrected chi connectivity index (χ1v) is 6.90. The summed E-state index contributed by atoms with van der Waals surface area (Å²) >= 11 is 0. The Morgan fingerprint density at radius 2 is 1.87 bits per heavy atom. The molecular weight excluding hydrogens is 216 g/mol. The average molecular weight is 236 g/mol. The minimum absolute atomic E-state index is 0.0265. The lowest BCUT2D eigenvalue weighted by Crippen LogP contribution is -2.48. The molecule has 15 heavy (non-hydrogen) atoms. The molecule has 1 heterocycles. The van der Waals surface area contributed by atoms with Crippen LogP contribution >= 0.6 is 0 Å². The van der Waals surface area contributed by atoms with Gasteiger partial charge in [-0.05, 0) is 26.8 Å². The summed E-state index contributed by atoms with van der Waals surface area (Å²) < 4.78 is 30.7. The molecule has 0 radical (unpaired) electrons. The van der Waals surface area contributed by atoms with Gasteiger partial charge in [0.05, 0.1) is 18.0 Å². The van der Waals surface area contributed by atoms with Gasteiger partial charge in [-0.1, -0.05) is 0 Å². The molecule has 0 aromatic heterocycles. The number of nitrogens with zero attached hydrogens (tertiary/aromatic N) is 1. The summed E-state index contributed by atoms with van der Waals surface area (Å²) in [7, 11) is -3.14. The van der Waals surface area contributed by atoms with Crippen LogP contribution in [0.5, 0.6) is 0 Å². The van der Waals surface area contributed by atoms with Crippen molar-refractivity contribution in [2.24, 2.45) is 5.73 Å². The highest BCUT2D eigenvalue weighted by Crippen LogP contribution is 2.15. The molecule has 1 aliphatic heterocycles. The van der Waals surface area contributed by atoms with Crippen molar-refractivity contribution in [1.29, 1.82) is 0 Å². The van der Waals surface area contributed by atoms with Crippen molar-refractivity contribution < 1.29 is 13.2 Å². The van der Waals surface area contributed by atoms with E-state index < -0.39 is 10.0 Å². The van der Waals surface area contributed by atoms with E-state index in [4.69, 9.17) is 10.5 Å². The Morgan fingerprint density at radius 3 is 2.33 bits per heavy atom. The zero-order valence-corrected chi connectivity index (χ0v) is 10.2. The van der Waals surface area contributed by atoms with Crippen LogP contribution in [0.3, 0.4) is 0 Å². The van der Waals surface area contributed by atoms with Gasteiger partial charge in [0.25, 0.3) is 0 Å². The fraction of sp³-hybridized carbons (Fsp3) is 1.00. The SMILES string of the molecule is CC1CN(S(=O)(=O)CCCN)CC(C)O1. The molecule has 0 spiro atoms. The van der Waals surface area contributed by atoms with Crippen molar-refractivity contribution in [3.05, 3.63) is 0 Å². The summed E-state index contributed by atoms with van der Waals surface area (Å²) in [6, 6.07) is 0. The molecule has 0 aromatic carbocycles. The Balaban J connectivity index is 2.61. The van der Waals surface area contributed by atoms with Gasteiger partial charge in [-0.25, -0.2) is 8.42 Å². The van der Waals surface area contributed by atoms with Gasteiger partial charge in [0.15, 0.2) is 0 Å². The molecule has 0 bridgehead atoms. The number of rotatable bonds is 4. The molecule has 1 fully saturated rings. The lowest BCUT2D eigenvalue weighted by molar-refractivity contribution is -0.0440. The van der Waals surface area contributed by atoms with Crippen LogP contribution in [-0.4, -0.2) is 50.3 Å². The van der Waals surface area contributed by atoms with E-state index in [0.717, 1.165) is 0 Å². The number of morpholine rings is 1.